The highest BCUT2D eigenvalue weighted by Gasteiger charge is 2.20. The molecule has 0 bridgehead atoms. The van der Waals surface area contributed by atoms with E-state index in [1.807, 2.05) is 0 Å². The van der Waals surface area contributed by atoms with Crippen LogP contribution in [-0.2, 0) is 0 Å². The Labute approximate surface area is 86.5 Å². The molecule has 14 heavy (non-hydrogen) atoms. The van der Waals surface area contributed by atoms with Crippen molar-refractivity contribution in [3.8, 4) is 0 Å². The highest BCUT2D eigenvalue weighted by molar-refractivity contribution is 5.51. The predicted octanol–water partition coefficient (Wildman–Crippen LogP) is 3.60. The molecule has 1 N–H and O–H groups in total. The molecule has 1 aliphatic rings. The second kappa shape index (κ2) is 4.04. The summed E-state index contributed by atoms with van der Waals surface area (Å²) >= 11 is 0. The minimum atomic E-state index is 0.700. The molecule has 2 rings (SSSR count). The van der Waals surface area contributed by atoms with Crippen molar-refractivity contribution >= 4 is 5.69 Å². The summed E-state index contributed by atoms with van der Waals surface area (Å²) in [7, 11) is 0. The van der Waals surface area contributed by atoms with E-state index >= 15 is 0 Å². The van der Waals surface area contributed by atoms with Gasteiger partial charge in [-0.05, 0) is 43.7 Å². The maximum absolute atomic E-state index is 3.64. The normalized spacial score (nSPS) is 26.4. The zero-order valence-corrected chi connectivity index (χ0v) is 9.09. The lowest BCUT2D eigenvalue weighted by molar-refractivity contribution is 0.602. The summed E-state index contributed by atoms with van der Waals surface area (Å²) in [4.78, 5) is 0. The van der Waals surface area contributed by atoms with E-state index in [1.165, 1.54) is 30.5 Å². The van der Waals surface area contributed by atoms with Gasteiger partial charge in [0.15, 0.2) is 0 Å². The minimum Gasteiger partial charge on any atom is -0.382 e. The number of anilines is 1. The number of benzene rings is 1. The molecular formula is C13H19N. The average molecular weight is 189 g/mol. The standard InChI is InChI=1S/C13H19N/c1-10-7-8-12(9-10)14-13-6-4-3-5-11(13)2/h3-6,10,12,14H,7-9H2,1-2H3/t10-,12+/m1/s1. The zero-order chi connectivity index (χ0) is 9.97. The Balaban J connectivity index is 2.01. The van der Waals surface area contributed by atoms with Gasteiger partial charge >= 0.3 is 0 Å². The molecule has 1 saturated carbocycles. The van der Waals surface area contributed by atoms with Gasteiger partial charge in [0.25, 0.3) is 0 Å². The molecule has 1 nitrogen and oxygen atoms in total. The van der Waals surface area contributed by atoms with Gasteiger partial charge in [-0.2, -0.15) is 0 Å². The van der Waals surface area contributed by atoms with Crippen LogP contribution >= 0.6 is 0 Å². The Morgan fingerprint density at radius 2 is 2.00 bits per heavy atom. The van der Waals surface area contributed by atoms with Gasteiger partial charge in [-0.15, -0.1) is 0 Å². The minimum absolute atomic E-state index is 0.700. The first kappa shape index (κ1) is 9.57. The molecule has 2 atom stereocenters. The summed E-state index contributed by atoms with van der Waals surface area (Å²) in [5.41, 5.74) is 2.67. The predicted molar refractivity (Wildman–Crippen MR) is 61.6 cm³/mol. The van der Waals surface area contributed by atoms with Gasteiger partial charge in [-0.25, -0.2) is 0 Å². The fraction of sp³-hybridized carbons (Fsp3) is 0.538. The Morgan fingerprint density at radius 1 is 1.21 bits per heavy atom. The molecule has 0 amide bonds. The molecule has 0 spiro atoms. The van der Waals surface area contributed by atoms with Gasteiger partial charge < -0.3 is 5.32 Å². The Bertz CT molecular complexity index is 306. The van der Waals surface area contributed by atoms with Crippen LogP contribution in [0.25, 0.3) is 0 Å². The van der Waals surface area contributed by atoms with Crippen LogP contribution < -0.4 is 5.32 Å². The molecule has 1 aromatic carbocycles. The largest absolute Gasteiger partial charge is 0.382 e. The van der Waals surface area contributed by atoms with E-state index in [2.05, 4.69) is 43.4 Å². The van der Waals surface area contributed by atoms with Crippen molar-refractivity contribution in [3.63, 3.8) is 0 Å². The number of rotatable bonds is 2. The van der Waals surface area contributed by atoms with Crippen molar-refractivity contribution in [1.82, 2.24) is 0 Å². The molecule has 0 saturated heterocycles. The van der Waals surface area contributed by atoms with Gasteiger partial charge in [-0.1, -0.05) is 25.1 Å². The van der Waals surface area contributed by atoms with E-state index in [0.29, 0.717) is 6.04 Å². The van der Waals surface area contributed by atoms with Crippen LogP contribution in [0.4, 0.5) is 5.69 Å². The average Bonchev–Trinajstić information content (AvgIpc) is 2.56. The van der Waals surface area contributed by atoms with Gasteiger partial charge in [0.05, 0.1) is 0 Å². The molecule has 1 fully saturated rings. The quantitative estimate of drug-likeness (QED) is 0.749. The molecule has 0 unspecified atom stereocenters. The van der Waals surface area contributed by atoms with E-state index in [0.717, 1.165) is 5.92 Å². The van der Waals surface area contributed by atoms with E-state index in [1.54, 1.807) is 0 Å². The van der Waals surface area contributed by atoms with E-state index < -0.39 is 0 Å². The maximum Gasteiger partial charge on any atom is 0.0372 e. The van der Waals surface area contributed by atoms with Crippen molar-refractivity contribution in [1.29, 1.82) is 0 Å². The van der Waals surface area contributed by atoms with Crippen LogP contribution in [0.2, 0.25) is 0 Å². The molecule has 1 aliphatic carbocycles. The lowest BCUT2D eigenvalue weighted by Crippen LogP contribution is -2.15. The summed E-state index contributed by atoms with van der Waals surface area (Å²) in [6.07, 6.45) is 4.04. The van der Waals surface area contributed by atoms with Crippen LogP contribution in [-0.4, -0.2) is 6.04 Å². The molecule has 0 radical (unpaired) electrons. The molecule has 1 heteroatoms. The second-order valence-electron chi connectivity index (χ2n) is 4.57. The third kappa shape index (κ3) is 2.09. The molecule has 0 aliphatic heterocycles. The van der Waals surface area contributed by atoms with Crippen LogP contribution in [0.1, 0.15) is 31.7 Å². The number of nitrogens with one attached hydrogen (secondary N) is 1. The maximum atomic E-state index is 3.64. The summed E-state index contributed by atoms with van der Waals surface area (Å²) in [6, 6.07) is 9.25. The summed E-state index contributed by atoms with van der Waals surface area (Å²) < 4.78 is 0. The van der Waals surface area contributed by atoms with Gasteiger partial charge in [-0.3, -0.25) is 0 Å². The van der Waals surface area contributed by atoms with E-state index in [-0.39, 0.29) is 0 Å². The second-order valence-corrected chi connectivity index (χ2v) is 4.57. The smallest absolute Gasteiger partial charge is 0.0372 e. The Hall–Kier alpha value is -0.980. The van der Waals surface area contributed by atoms with Crippen molar-refractivity contribution in [2.75, 3.05) is 5.32 Å². The fourth-order valence-electron chi connectivity index (χ4n) is 2.29. The molecule has 0 heterocycles. The van der Waals surface area contributed by atoms with Crippen LogP contribution in [0.5, 0.6) is 0 Å². The van der Waals surface area contributed by atoms with E-state index in [4.69, 9.17) is 0 Å². The summed E-state index contributed by atoms with van der Waals surface area (Å²) in [6.45, 7) is 4.51. The van der Waals surface area contributed by atoms with E-state index in [9.17, 15) is 0 Å². The molecule has 0 aromatic heterocycles. The SMILES string of the molecule is Cc1ccccc1N[C@H]1CC[C@@H](C)C1. The monoisotopic (exact) mass is 189 g/mol. The first-order chi connectivity index (χ1) is 6.75. The van der Waals surface area contributed by atoms with Crippen molar-refractivity contribution < 1.29 is 0 Å². The fourth-order valence-corrected chi connectivity index (χ4v) is 2.29. The van der Waals surface area contributed by atoms with Crippen LogP contribution in [0.15, 0.2) is 24.3 Å². The molecular weight excluding hydrogens is 170 g/mol. The summed E-state index contributed by atoms with van der Waals surface area (Å²) in [5.74, 6) is 0.900. The van der Waals surface area contributed by atoms with Crippen LogP contribution in [0.3, 0.4) is 0 Å². The van der Waals surface area contributed by atoms with Crippen LogP contribution in [0, 0.1) is 12.8 Å². The van der Waals surface area contributed by atoms with Crippen molar-refractivity contribution in [2.45, 2.75) is 39.2 Å². The first-order valence-corrected chi connectivity index (χ1v) is 5.58. The molecule has 76 valence electrons. The first-order valence-electron chi connectivity index (χ1n) is 5.58. The number of hydrogen-bond acceptors (Lipinski definition) is 1. The number of hydrogen-bond donors (Lipinski definition) is 1. The number of para-hydroxylation sites is 1. The van der Waals surface area contributed by atoms with Gasteiger partial charge in [0, 0.05) is 11.7 Å². The zero-order valence-electron chi connectivity index (χ0n) is 9.09. The van der Waals surface area contributed by atoms with Gasteiger partial charge in [0.1, 0.15) is 0 Å². The topological polar surface area (TPSA) is 12.0 Å². The highest BCUT2D eigenvalue weighted by atomic mass is 14.9. The van der Waals surface area contributed by atoms with Gasteiger partial charge in [0.2, 0.25) is 0 Å². The number of aryl methyl sites for hydroxylation is 1. The third-order valence-corrected chi connectivity index (χ3v) is 3.20. The summed E-state index contributed by atoms with van der Waals surface area (Å²) in [5, 5.41) is 3.64. The van der Waals surface area contributed by atoms with Crippen molar-refractivity contribution in [2.24, 2.45) is 5.92 Å². The third-order valence-electron chi connectivity index (χ3n) is 3.20. The highest BCUT2D eigenvalue weighted by Crippen LogP contribution is 2.28. The van der Waals surface area contributed by atoms with Crippen molar-refractivity contribution in [3.05, 3.63) is 29.8 Å². The Kier molecular flexibility index (Phi) is 2.76. The molecule has 1 aromatic rings. The lowest BCUT2D eigenvalue weighted by Gasteiger charge is -2.15. The lowest BCUT2D eigenvalue weighted by atomic mass is 10.1. The Morgan fingerprint density at radius 3 is 2.64 bits per heavy atom.